The van der Waals surface area contributed by atoms with Gasteiger partial charge in [-0.15, -0.1) is 0 Å². The van der Waals surface area contributed by atoms with E-state index in [9.17, 15) is 24.0 Å². The number of hydrogen-bond acceptors (Lipinski definition) is 7. The monoisotopic (exact) mass is 366 g/mol. The zero-order chi connectivity index (χ0) is 19.4. The van der Waals surface area contributed by atoms with Gasteiger partial charge in [0.1, 0.15) is 0 Å². The maximum absolute atomic E-state index is 12.3. The molecule has 0 aromatic carbocycles. The van der Waals surface area contributed by atoms with Crippen LogP contribution in [0.1, 0.15) is 6.42 Å². The fourth-order valence-electron chi connectivity index (χ4n) is 2.22. The lowest BCUT2D eigenvalue weighted by Crippen LogP contribution is -2.39. The van der Waals surface area contributed by atoms with Crippen LogP contribution in [0.25, 0.3) is 11.2 Å². The minimum atomic E-state index is -0.769. The van der Waals surface area contributed by atoms with E-state index in [4.69, 9.17) is 4.74 Å². The van der Waals surface area contributed by atoms with Crippen molar-refractivity contribution in [1.82, 2.24) is 29.3 Å². The van der Waals surface area contributed by atoms with E-state index in [2.05, 4.69) is 10.3 Å². The molecule has 12 nitrogen and oxygen atoms in total. The van der Waals surface area contributed by atoms with Gasteiger partial charge in [-0.2, -0.15) is 0 Å². The van der Waals surface area contributed by atoms with E-state index in [1.807, 2.05) is 5.32 Å². The second-order valence-electron chi connectivity index (χ2n) is 5.35. The maximum Gasteiger partial charge on any atom is 0.332 e. The lowest BCUT2D eigenvalue weighted by Gasteiger charge is -2.07. The van der Waals surface area contributed by atoms with Gasteiger partial charge in [-0.05, 0) is 0 Å². The lowest BCUT2D eigenvalue weighted by molar-refractivity contribution is -0.148. The molecule has 0 saturated heterocycles. The number of nitrogens with zero attached hydrogens (tertiary/aromatic N) is 4. The van der Waals surface area contributed by atoms with E-state index in [1.165, 1.54) is 36.6 Å². The molecule has 0 aliphatic rings. The van der Waals surface area contributed by atoms with Gasteiger partial charge in [-0.3, -0.25) is 28.8 Å². The van der Waals surface area contributed by atoms with Crippen LogP contribution in [0.2, 0.25) is 0 Å². The molecule has 2 N–H and O–H groups in total. The molecule has 0 bridgehead atoms. The summed E-state index contributed by atoms with van der Waals surface area (Å²) in [5, 5.41) is 4.13. The van der Waals surface area contributed by atoms with Gasteiger partial charge in [-0.25, -0.2) is 14.6 Å². The van der Waals surface area contributed by atoms with Crippen LogP contribution in [0.4, 0.5) is 4.79 Å². The van der Waals surface area contributed by atoms with Crippen LogP contribution in [-0.4, -0.2) is 50.2 Å². The Labute approximate surface area is 146 Å². The summed E-state index contributed by atoms with van der Waals surface area (Å²) in [5.74, 6) is -1.46. The Morgan fingerprint density at radius 2 is 1.88 bits per heavy atom. The van der Waals surface area contributed by atoms with Gasteiger partial charge in [0.15, 0.2) is 17.8 Å². The Balaban J connectivity index is 2.03. The summed E-state index contributed by atoms with van der Waals surface area (Å²) in [6.07, 6.45) is 1.21. The summed E-state index contributed by atoms with van der Waals surface area (Å²) in [7, 11) is 4.17. The molecule has 2 heterocycles. The van der Waals surface area contributed by atoms with Crippen LogP contribution >= 0.6 is 0 Å². The summed E-state index contributed by atoms with van der Waals surface area (Å²) >= 11 is 0. The summed E-state index contributed by atoms with van der Waals surface area (Å²) in [6, 6.07) is -0.711. The summed E-state index contributed by atoms with van der Waals surface area (Å²) < 4.78 is 8.36. The molecule has 2 rings (SSSR count). The first-order chi connectivity index (χ1) is 12.3. The molecule has 0 fully saturated rings. The summed E-state index contributed by atoms with van der Waals surface area (Å²) in [4.78, 5) is 62.1. The van der Waals surface area contributed by atoms with E-state index in [1.54, 1.807) is 0 Å². The highest BCUT2D eigenvalue weighted by molar-refractivity contribution is 5.95. The molecule has 0 atom stereocenters. The van der Waals surface area contributed by atoms with Crippen LogP contribution in [0.15, 0.2) is 15.9 Å². The Morgan fingerprint density at radius 1 is 1.19 bits per heavy atom. The number of amides is 3. The van der Waals surface area contributed by atoms with Gasteiger partial charge in [0.05, 0.1) is 12.7 Å². The van der Waals surface area contributed by atoms with Crippen molar-refractivity contribution in [3.05, 3.63) is 27.2 Å². The number of hydrogen-bond donors (Lipinski definition) is 2. The number of rotatable bonds is 5. The molecule has 26 heavy (non-hydrogen) atoms. The first-order valence-electron chi connectivity index (χ1n) is 7.54. The predicted molar refractivity (Wildman–Crippen MR) is 88.4 cm³/mol. The van der Waals surface area contributed by atoms with E-state index in [-0.39, 0.29) is 24.1 Å². The highest BCUT2D eigenvalue weighted by Gasteiger charge is 2.15. The molecule has 0 aliphatic heterocycles. The van der Waals surface area contributed by atoms with Gasteiger partial charge in [0.25, 0.3) is 11.5 Å². The van der Waals surface area contributed by atoms with Crippen LogP contribution in [0.3, 0.4) is 0 Å². The number of aryl methyl sites for hydroxylation is 2. The number of imidazole rings is 1. The van der Waals surface area contributed by atoms with Crippen molar-refractivity contribution >= 4 is 29.1 Å². The van der Waals surface area contributed by atoms with Crippen LogP contribution in [-0.2, 0) is 35.0 Å². The number of esters is 1. The van der Waals surface area contributed by atoms with Crippen molar-refractivity contribution in [2.24, 2.45) is 14.1 Å². The van der Waals surface area contributed by atoms with Gasteiger partial charge in [-0.1, -0.05) is 0 Å². The highest BCUT2D eigenvalue weighted by atomic mass is 16.5. The van der Waals surface area contributed by atoms with Crippen molar-refractivity contribution in [1.29, 1.82) is 0 Å². The molecule has 0 unspecified atom stereocenters. The standard InChI is InChI=1S/C14H18N6O6/c1-15-13(24)17-8(21)6-26-9(22)4-5-20-7-16-11-10(20)12(23)19(3)14(25)18(11)2/h7H,4-6H2,1-3H3,(H2,15,17,21,24). The largest absolute Gasteiger partial charge is 0.456 e. The zero-order valence-electron chi connectivity index (χ0n) is 14.4. The molecule has 140 valence electrons. The van der Waals surface area contributed by atoms with Crippen molar-refractivity contribution < 1.29 is 19.1 Å². The minimum Gasteiger partial charge on any atom is -0.456 e. The second-order valence-corrected chi connectivity index (χ2v) is 5.35. The lowest BCUT2D eigenvalue weighted by atomic mass is 10.4. The number of ether oxygens (including phenoxy) is 1. The molecule has 3 amide bonds. The number of imide groups is 1. The van der Waals surface area contributed by atoms with Gasteiger partial charge in [0, 0.05) is 27.7 Å². The quantitative estimate of drug-likeness (QED) is 0.572. The molecule has 2 aromatic heterocycles. The third-order valence-corrected chi connectivity index (χ3v) is 3.62. The summed E-state index contributed by atoms with van der Waals surface area (Å²) in [5.41, 5.74) is -0.649. The molecular weight excluding hydrogens is 348 g/mol. The minimum absolute atomic E-state index is 0.0693. The fourth-order valence-corrected chi connectivity index (χ4v) is 2.22. The molecule has 0 aliphatic carbocycles. The Kier molecular flexibility index (Phi) is 5.54. The first kappa shape index (κ1) is 18.9. The van der Waals surface area contributed by atoms with E-state index in [0.29, 0.717) is 0 Å². The predicted octanol–water partition coefficient (Wildman–Crippen LogP) is -2.18. The average Bonchev–Trinajstić information content (AvgIpc) is 3.05. The number of carbonyl (C=O) groups is 3. The van der Waals surface area contributed by atoms with E-state index < -0.39 is 35.8 Å². The number of fused-ring (bicyclic) bond motifs is 1. The molecule has 12 heteroatoms. The third kappa shape index (κ3) is 3.79. The van der Waals surface area contributed by atoms with Crippen molar-refractivity contribution in [3.8, 4) is 0 Å². The Bertz CT molecular complexity index is 984. The van der Waals surface area contributed by atoms with Crippen LogP contribution in [0, 0.1) is 0 Å². The molecule has 0 spiro atoms. The SMILES string of the molecule is CNC(=O)NC(=O)COC(=O)CCn1cnc2c1c(=O)n(C)c(=O)n2C. The second kappa shape index (κ2) is 7.63. The summed E-state index contributed by atoms with van der Waals surface area (Å²) in [6.45, 7) is -0.535. The maximum atomic E-state index is 12.3. The van der Waals surface area contributed by atoms with Gasteiger partial charge in [0.2, 0.25) is 0 Å². The normalized spacial score (nSPS) is 10.6. The van der Waals surface area contributed by atoms with Gasteiger partial charge < -0.3 is 14.6 Å². The smallest absolute Gasteiger partial charge is 0.332 e. The Hall–Kier alpha value is -3.44. The topological polar surface area (TPSA) is 146 Å². The van der Waals surface area contributed by atoms with Crippen molar-refractivity contribution in [2.45, 2.75) is 13.0 Å². The van der Waals surface area contributed by atoms with Crippen LogP contribution in [0.5, 0.6) is 0 Å². The average molecular weight is 366 g/mol. The first-order valence-corrected chi connectivity index (χ1v) is 7.54. The molecule has 0 radical (unpaired) electrons. The number of nitrogens with one attached hydrogen (secondary N) is 2. The molecule has 2 aromatic rings. The third-order valence-electron chi connectivity index (χ3n) is 3.62. The van der Waals surface area contributed by atoms with Gasteiger partial charge >= 0.3 is 17.7 Å². The number of urea groups is 1. The highest BCUT2D eigenvalue weighted by Crippen LogP contribution is 2.06. The van der Waals surface area contributed by atoms with E-state index >= 15 is 0 Å². The molecular formula is C14H18N6O6. The Morgan fingerprint density at radius 3 is 2.54 bits per heavy atom. The van der Waals surface area contributed by atoms with Crippen molar-refractivity contribution in [3.63, 3.8) is 0 Å². The number of aromatic nitrogens is 4. The fraction of sp³-hybridized carbons (Fsp3) is 0.429. The van der Waals surface area contributed by atoms with Crippen LogP contribution < -0.4 is 21.9 Å². The molecule has 0 saturated carbocycles. The van der Waals surface area contributed by atoms with E-state index in [0.717, 1.165) is 4.57 Å². The van der Waals surface area contributed by atoms with Crippen molar-refractivity contribution in [2.75, 3.05) is 13.7 Å². The zero-order valence-corrected chi connectivity index (χ0v) is 14.4. The number of carbonyl (C=O) groups excluding carboxylic acids is 3.